The molecule has 7 nitrogen and oxygen atoms in total. The SMILES string of the molecule is CCOC(=O)N(C=N)N1CCOC(N)C1C.Cl. The molecule has 8 heteroatoms. The van der Waals surface area contributed by atoms with Crippen molar-refractivity contribution in [2.45, 2.75) is 26.1 Å². The van der Waals surface area contributed by atoms with Crippen LogP contribution in [-0.2, 0) is 9.47 Å². The van der Waals surface area contributed by atoms with Gasteiger partial charge >= 0.3 is 6.09 Å². The summed E-state index contributed by atoms with van der Waals surface area (Å²) in [6, 6.07) is -0.181. The number of rotatable bonds is 3. The number of hydrogen-bond donors (Lipinski definition) is 2. The number of carbonyl (C=O) groups excluding carboxylic acids is 1. The van der Waals surface area contributed by atoms with Crippen LogP contribution in [0.2, 0.25) is 0 Å². The van der Waals surface area contributed by atoms with Gasteiger partial charge in [0, 0.05) is 6.54 Å². The van der Waals surface area contributed by atoms with Crippen molar-refractivity contribution < 1.29 is 14.3 Å². The van der Waals surface area contributed by atoms with Crippen LogP contribution in [0.25, 0.3) is 0 Å². The minimum Gasteiger partial charge on any atom is -0.448 e. The topological polar surface area (TPSA) is 91.9 Å². The first-order valence-electron chi connectivity index (χ1n) is 5.22. The fourth-order valence-corrected chi connectivity index (χ4v) is 1.52. The Morgan fingerprint density at radius 2 is 2.41 bits per heavy atom. The Kier molecular flexibility index (Phi) is 7.05. The first kappa shape index (κ1) is 16.1. The van der Waals surface area contributed by atoms with Crippen molar-refractivity contribution in [3.8, 4) is 0 Å². The van der Waals surface area contributed by atoms with E-state index < -0.39 is 12.3 Å². The van der Waals surface area contributed by atoms with Gasteiger partial charge in [-0.25, -0.2) is 9.80 Å². The molecular formula is C9H19ClN4O3. The number of ether oxygens (including phenoxy) is 2. The maximum Gasteiger partial charge on any atom is 0.430 e. The average molecular weight is 267 g/mol. The second kappa shape index (κ2) is 7.44. The van der Waals surface area contributed by atoms with Crippen LogP contribution in [0.1, 0.15) is 13.8 Å². The van der Waals surface area contributed by atoms with E-state index in [1.54, 1.807) is 11.9 Å². The molecule has 0 saturated carbocycles. The fraction of sp³-hybridized carbons (Fsp3) is 0.778. The average Bonchev–Trinajstić information content (AvgIpc) is 2.25. The lowest BCUT2D eigenvalue weighted by molar-refractivity contribution is -0.117. The lowest BCUT2D eigenvalue weighted by Gasteiger charge is -2.41. The van der Waals surface area contributed by atoms with Gasteiger partial charge in [0.05, 0.1) is 19.3 Å². The molecule has 1 aliphatic heterocycles. The number of amides is 1. The molecular weight excluding hydrogens is 248 g/mol. The molecule has 1 aliphatic rings. The van der Waals surface area contributed by atoms with Gasteiger partial charge in [-0.3, -0.25) is 5.41 Å². The van der Waals surface area contributed by atoms with Crippen LogP contribution in [0.3, 0.4) is 0 Å². The number of nitrogens with one attached hydrogen (secondary N) is 1. The van der Waals surface area contributed by atoms with Crippen molar-refractivity contribution in [2.24, 2.45) is 5.73 Å². The molecule has 2 unspecified atom stereocenters. The number of hydrogen-bond acceptors (Lipinski definition) is 6. The summed E-state index contributed by atoms with van der Waals surface area (Å²) in [5.41, 5.74) is 5.72. The van der Waals surface area contributed by atoms with Gasteiger partial charge in [-0.1, -0.05) is 0 Å². The van der Waals surface area contributed by atoms with Crippen LogP contribution in [0, 0.1) is 5.41 Å². The molecule has 0 aromatic rings. The third-order valence-electron chi connectivity index (χ3n) is 2.43. The molecule has 100 valence electrons. The first-order valence-corrected chi connectivity index (χ1v) is 5.22. The summed E-state index contributed by atoms with van der Waals surface area (Å²) in [7, 11) is 0. The quantitative estimate of drug-likeness (QED) is 0.570. The maximum absolute atomic E-state index is 11.6. The van der Waals surface area contributed by atoms with Crippen LogP contribution >= 0.6 is 12.4 Å². The number of nitrogens with two attached hydrogens (primary N) is 1. The largest absolute Gasteiger partial charge is 0.448 e. The van der Waals surface area contributed by atoms with Crippen molar-refractivity contribution >= 4 is 24.8 Å². The Hall–Kier alpha value is -0.890. The van der Waals surface area contributed by atoms with Crippen molar-refractivity contribution in [1.29, 1.82) is 5.41 Å². The van der Waals surface area contributed by atoms with Gasteiger partial charge in [0.1, 0.15) is 12.6 Å². The Bertz CT molecular complexity index is 267. The second-order valence-corrected chi connectivity index (χ2v) is 3.41. The second-order valence-electron chi connectivity index (χ2n) is 3.41. The molecule has 0 aromatic carbocycles. The van der Waals surface area contributed by atoms with E-state index in [0.29, 0.717) is 13.2 Å². The minimum atomic E-state index is -0.571. The van der Waals surface area contributed by atoms with E-state index in [2.05, 4.69) is 0 Å². The molecule has 0 aromatic heterocycles. The molecule has 1 saturated heterocycles. The summed E-state index contributed by atoms with van der Waals surface area (Å²) >= 11 is 0. The van der Waals surface area contributed by atoms with E-state index in [-0.39, 0.29) is 25.1 Å². The lowest BCUT2D eigenvalue weighted by atomic mass is 10.2. The highest BCUT2D eigenvalue weighted by Gasteiger charge is 2.32. The standard InChI is InChI=1S/C9H18N4O3.ClH/c1-3-15-9(14)13(6-10)12-4-5-16-8(11)7(12)2;/h6-8,10H,3-5,11H2,1-2H3;1H. The van der Waals surface area contributed by atoms with E-state index in [1.165, 1.54) is 0 Å². The van der Waals surface area contributed by atoms with E-state index in [9.17, 15) is 4.79 Å². The molecule has 17 heavy (non-hydrogen) atoms. The summed E-state index contributed by atoms with van der Waals surface area (Å²) in [5, 5.41) is 10.0. The normalized spacial score (nSPS) is 24.6. The van der Waals surface area contributed by atoms with Crippen molar-refractivity contribution in [1.82, 2.24) is 10.0 Å². The summed E-state index contributed by atoms with van der Waals surface area (Å²) < 4.78 is 10.1. The van der Waals surface area contributed by atoms with Gasteiger partial charge in [-0.2, -0.15) is 5.01 Å². The number of hydrazine groups is 1. The van der Waals surface area contributed by atoms with Gasteiger partial charge in [0.15, 0.2) is 0 Å². The van der Waals surface area contributed by atoms with E-state index in [1.807, 2.05) is 6.92 Å². The molecule has 3 N–H and O–H groups in total. The van der Waals surface area contributed by atoms with Crippen LogP contribution in [0.5, 0.6) is 0 Å². The van der Waals surface area contributed by atoms with Crippen LogP contribution in [0.15, 0.2) is 0 Å². The Morgan fingerprint density at radius 1 is 1.76 bits per heavy atom. The van der Waals surface area contributed by atoms with E-state index in [4.69, 9.17) is 20.6 Å². The zero-order chi connectivity index (χ0) is 12.1. The van der Waals surface area contributed by atoms with E-state index >= 15 is 0 Å². The summed E-state index contributed by atoms with van der Waals surface area (Å²) in [5.74, 6) is 0. The molecule has 0 radical (unpaired) electrons. The molecule has 1 rings (SSSR count). The smallest absolute Gasteiger partial charge is 0.430 e. The molecule has 1 fully saturated rings. The first-order chi connectivity index (χ1) is 7.61. The Labute approximate surface area is 107 Å². The molecule has 1 heterocycles. The zero-order valence-corrected chi connectivity index (χ0v) is 10.8. The van der Waals surface area contributed by atoms with Crippen LogP contribution in [-0.4, -0.2) is 54.5 Å². The van der Waals surface area contributed by atoms with Crippen LogP contribution in [0.4, 0.5) is 4.79 Å². The summed E-state index contributed by atoms with van der Waals surface area (Å²) in [6.07, 6.45) is -0.115. The minimum absolute atomic E-state index is 0. The lowest BCUT2D eigenvalue weighted by Crippen LogP contribution is -2.60. The molecule has 2 atom stereocenters. The van der Waals surface area contributed by atoms with Gasteiger partial charge < -0.3 is 15.2 Å². The van der Waals surface area contributed by atoms with Gasteiger partial charge in [0.2, 0.25) is 0 Å². The number of nitrogens with zero attached hydrogens (tertiary/aromatic N) is 2. The fourth-order valence-electron chi connectivity index (χ4n) is 1.52. The highest BCUT2D eigenvalue weighted by Crippen LogP contribution is 2.13. The predicted molar refractivity (Wildman–Crippen MR) is 65.0 cm³/mol. The predicted octanol–water partition coefficient (Wildman–Crippen LogP) is 0.394. The number of halogens is 1. The molecule has 1 amide bonds. The highest BCUT2D eigenvalue weighted by molar-refractivity contribution is 5.85. The number of carbonyl (C=O) groups is 1. The van der Waals surface area contributed by atoms with Crippen molar-refractivity contribution in [2.75, 3.05) is 19.8 Å². The Balaban J connectivity index is 0.00000256. The van der Waals surface area contributed by atoms with Gasteiger partial charge in [0.25, 0.3) is 0 Å². The van der Waals surface area contributed by atoms with Crippen molar-refractivity contribution in [3.63, 3.8) is 0 Å². The third kappa shape index (κ3) is 3.81. The molecule has 0 spiro atoms. The van der Waals surface area contributed by atoms with Crippen molar-refractivity contribution in [3.05, 3.63) is 0 Å². The van der Waals surface area contributed by atoms with E-state index in [0.717, 1.165) is 11.3 Å². The highest BCUT2D eigenvalue weighted by atomic mass is 35.5. The van der Waals surface area contributed by atoms with Gasteiger partial charge in [-0.05, 0) is 13.8 Å². The Morgan fingerprint density at radius 3 is 2.94 bits per heavy atom. The zero-order valence-electron chi connectivity index (χ0n) is 9.96. The molecule has 0 aliphatic carbocycles. The monoisotopic (exact) mass is 266 g/mol. The van der Waals surface area contributed by atoms with Crippen LogP contribution < -0.4 is 5.73 Å². The summed E-state index contributed by atoms with van der Waals surface area (Å²) in [4.78, 5) is 11.6. The third-order valence-corrected chi connectivity index (χ3v) is 2.43. The maximum atomic E-state index is 11.6. The number of morpholine rings is 1. The van der Waals surface area contributed by atoms with Gasteiger partial charge in [-0.15, -0.1) is 12.4 Å². The molecule has 0 bridgehead atoms. The summed E-state index contributed by atoms with van der Waals surface area (Å²) in [6.45, 7) is 4.75.